The van der Waals surface area contributed by atoms with Crippen molar-refractivity contribution < 1.29 is 18.8 Å². The molecule has 24 heavy (non-hydrogen) atoms. The van der Waals surface area contributed by atoms with Crippen LogP contribution in [0.4, 0.5) is 0 Å². The van der Waals surface area contributed by atoms with Crippen LogP contribution in [0.25, 0.3) is 6.08 Å². The van der Waals surface area contributed by atoms with Gasteiger partial charge in [-0.15, -0.1) is 0 Å². The summed E-state index contributed by atoms with van der Waals surface area (Å²) in [6.45, 7) is 3.15. The molecule has 6 nitrogen and oxygen atoms in total. The summed E-state index contributed by atoms with van der Waals surface area (Å²) in [5.41, 5.74) is 1.47. The number of amides is 1. The Morgan fingerprint density at radius 3 is 2.88 bits per heavy atom. The molecule has 0 saturated heterocycles. The maximum absolute atomic E-state index is 12.2. The maximum Gasteiger partial charge on any atom is 0.246 e. The van der Waals surface area contributed by atoms with Crippen LogP contribution in [0, 0.1) is 6.92 Å². The van der Waals surface area contributed by atoms with E-state index in [1.165, 1.54) is 6.08 Å². The van der Waals surface area contributed by atoms with Crippen LogP contribution in [-0.2, 0) is 11.3 Å². The predicted octanol–water partition coefficient (Wildman–Crippen LogP) is 3.08. The number of likely N-dealkylation sites (N-methyl/N-ethyl adjacent to an activating group) is 1. The average molecular weight is 349 g/mol. The highest BCUT2D eigenvalue weighted by Gasteiger charge is 2.16. The molecule has 0 atom stereocenters. The number of aryl methyl sites for hydroxylation is 1. The number of carbonyl (C=O) groups excluding carboxylic acids is 1. The van der Waals surface area contributed by atoms with Crippen LogP contribution in [0.15, 0.2) is 28.8 Å². The smallest absolute Gasteiger partial charge is 0.246 e. The molecule has 2 heterocycles. The van der Waals surface area contributed by atoms with E-state index >= 15 is 0 Å². The SMILES string of the molecule is Cc1cc(CN(C)C(=O)C=Cc2cc(Cl)c3c(c2)OCCO3)no1. The molecule has 0 fully saturated rings. The second-order valence-corrected chi connectivity index (χ2v) is 5.89. The van der Waals surface area contributed by atoms with Gasteiger partial charge in [-0.25, -0.2) is 0 Å². The lowest BCUT2D eigenvalue weighted by Gasteiger charge is -2.19. The van der Waals surface area contributed by atoms with Crippen LogP contribution in [0.2, 0.25) is 5.02 Å². The molecule has 126 valence electrons. The van der Waals surface area contributed by atoms with Crippen molar-refractivity contribution in [2.75, 3.05) is 20.3 Å². The zero-order chi connectivity index (χ0) is 17.1. The van der Waals surface area contributed by atoms with E-state index < -0.39 is 0 Å². The normalized spacial score (nSPS) is 13.3. The molecule has 0 unspecified atom stereocenters. The van der Waals surface area contributed by atoms with E-state index in [2.05, 4.69) is 5.16 Å². The standard InChI is InChI=1S/C17H17ClN2O4/c1-11-7-13(19-24-11)10-20(2)16(21)4-3-12-8-14(18)17-15(9-12)22-5-6-23-17/h3-4,7-9H,5-6,10H2,1-2H3. The summed E-state index contributed by atoms with van der Waals surface area (Å²) in [6, 6.07) is 5.33. The Bertz CT molecular complexity index is 785. The lowest BCUT2D eigenvalue weighted by atomic mass is 10.1. The Balaban J connectivity index is 1.68. The van der Waals surface area contributed by atoms with E-state index in [0.29, 0.717) is 47.7 Å². The fourth-order valence-electron chi connectivity index (χ4n) is 2.34. The molecule has 1 aliphatic heterocycles. The Labute approximate surface area is 144 Å². The van der Waals surface area contributed by atoms with Gasteiger partial charge in [0.25, 0.3) is 0 Å². The molecule has 7 heteroatoms. The van der Waals surface area contributed by atoms with Crippen molar-refractivity contribution in [1.29, 1.82) is 0 Å². The Morgan fingerprint density at radius 2 is 2.12 bits per heavy atom. The lowest BCUT2D eigenvalue weighted by molar-refractivity contribution is -0.125. The van der Waals surface area contributed by atoms with Crippen molar-refractivity contribution >= 4 is 23.6 Å². The molecular weight excluding hydrogens is 332 g/mol. The first-order valence-corrected chi connectivity index (χ1v) is 7.85. The Hall–Kier alpha value is -2.47. The number of carbonyl (C=O) groups is 1. The summed E-state index contributed by atoms with van der Waals surface area (Å²) >= 11 is 6.18. The van der Waals surface area contributed by atoms with Crippen LogP contribution in [0.3, 0.4) is 0 Å². The van der Waals surface area contributed by atoms with Gasteiger partial charge in [0.05, 0.1) is 11.6 Å². The highest BCUT2D eigenvalue weighted by atomic mass is 35.5. The van der Waals surface area contributed by atoms with Crippen molar-refractivity contribution in [3.05, 3.63) is 46.3 Å². The summed E-state index contributed by atoms with van der Waals surface area (Å²) in [6.07, 6.45) is 3.17. The topological polar surface area (TPSA) is 64.8 Å². The maximum atomic E-state index is 12.2. The molecule has 2 aromatic rings. The monoisotopic (exact) mass is 348 g/mol. The number of nitrogens with zero attached hydrogens (tertiary/aromatic N) is 2. The molecule has 0 saturated carbocycles. The van der Waals surface area contributed by atoms with Gasteiger partial charge in [-0.05, 0) is 30.7 Å². The number of aromatic nitrogens is 1. The average Bonchev–Trinajstić information content (AvgIpc) is 2.97. The van der Waals surface area contributed by atoms with Gasteiger partial charge in [0.1, 0.15) is 24.7 Å². The third-order valence-corrected chi connectivity index (χ3v) is 3.77. The first-order valence-electron chi connectivity index (χ1n) is 7.47. The van der Waals surface area contributed by atoms with Crippen LogP contribution < -0.4 is 9.47 Å². The molecular formula is C17H17ClN2O4. The molecule has 1 aliphatic rings. The fraction of sp³-hybridized carbons (Fsp3) is 0.294. The second-order valence-electron chi connectivity index (χ2n) is 5.48. The van der Waals surface area contributed by atoms with Crippen LogP contribution in [0.5, 0.6) is 11.5 Å². The van der Waals surface area contributed by atoms with Gasteiger partial charge in [-0.2, -0.15) is 0 Å². The summed E-state index contributed by atoms with van der Waals surface area (Å²) in [5, 5.41) is 4.34. The predicted molar refractivity (Wildman–Crippen MR) is 89.2 cm³/mol. The van der Waals surface area contributed by atoms with Gasteiger partial charge in [0.15, 0.2) is 11.5 Å². The molecule has 0 aliphatic carbocycles. The van der Waals surface area contributed by atoms with Crippen molar-refractivity contribution in [2.24, 2.45) is 0 Å². The minimum atomic E-state index is -0.151. The van der Waals surface area contributed by atoms with Gasteiger partial charge < -0.3 is 18.9 Å². The van der Waals surface area contributed by atoms with Crippen molar-refractivity contribution in [3.8, 4) is 11.5 Å². The number of hydrogen-bond acceptors (Lipinski definition) is 5. The van der Waals surface area contributed by atoms with Gasteiger partial charge in [0.2, 0.25) is 5.91 Å². The fourth-order valence-corrected chi connectivity index (χ4v) is 2.61. The Kier molecular flexibility index (Phi) is 4.76. The largest absolute Gasteiger partial charge is 0.486 e. The van der Waals surface area contributed by atoms with Crippen molar-refractivity contribution in [2.45, 2.75) is 13.5 Å². The quantitative estimate of drug-likeness (QED) is 0.794. The van der Waals surface area contributed by atoms with E-state index in [-0.39, 0.29) is 5.91 Å². The number of rotatable bonds is 4. The number of fused-ring (bicyclic) bond motifs is 1. The number of halogens is 1. The van der Waals surface area contributed by atoms with E-state index in [1.807, 2.05) is 6.92 Å². The van der Waals surface area contributed by atoms with Crippen LogP contribution in [0.1, 0.15) is 17.0 Å². The number of benzene rings is 1. The number of ether oxygens (including phenoxy) is 2. The van der Waals surface area contributed by atoms with E-state index in [1.54, 1.807) is 36.2 Å². The van der Waals surface area contributed by atoms with Gasteiger partial charge in [-0.1, -0.05) is 16.8 Å². The van der Waals surface area contributed by atoms with Gasteiger partial charge in [0, 0.05) is 19.2 Å². The van der Waals surface area contributed by atoms with Crippen molar-refractivity contribution in [1.82, 2.24) is 10.1 Å². The third kappa shape index (κ3) is 3.71. The lowest BCUT2D eigenvalue weighted by Crippen LogP contribution is -2.24. The summed E-state index contributed by atoms with van der Waals surface area (Å²) < 4.78 is 16.0. The molecule has 0 radical (unpaired) electrons. The molecule has 3 rings (SSSR count). The molecule has 0 spiro atoms. The van der Waals surface area contributed by atoms with Gasteiger partial charge in [-0.3, -0.25) is 4.79 Å². The molecule has 1 amide bonds. The van der Waals surface area contributed by atoms with Gasteiger partial charge >= 0.3 is 0 Å². The first kappa shape index (κ1) is 16.4. The van der Waals surface area contributed by atoms with E-state index in [9.17, 15) is 4.79 Å². The highest BCUT2D eigenvalue weighted by molar-refractivity contribution is 6.32. The van der Waals surface area contributed by atoms with Crippen LogP contribution >= 0.6 is 11.6 Å². The summed E-state index contributed by atoms with van der Waals surface area (Å²) in [4.78, 5) is 13.7. The van der Waals surface area contributed by atoms with Crippen LogP contribution in [-0.4, -0.2) is 36.2 Å². The minimum absolute atomic E-state index is 0.151. The Morgan fingerprint density at radius 1 is 1.33 bits per heavy atom. The van der Waals surface area contributed by atoms with Crippen molar-refractivity contribution in [3.63, 3.8) is 0 Å². The zero-order valence-electron chi connectivity index (χ0n) is 13.4. The molecule has 0 N–H and O–H groups in total. The third-order valence-electron chi connectivity index (χ3n) is 3.49. The summed E-state index contributed by atoms with van der Waals surface area (Å²) in [7, 11) is 1.70. The zero-order valence-corrected chi connectivity index (χ0v) is 14.2. The molecule has 1 aromatic carbocycles. The van der Waals surface area contributed by atoms with E-state index in [0.717, 1.165) is 5.56 Å². The summed E-state index contributed by atoms with van der Waals surface area (Å²) in [5.74, 6) is 1.70. The van der Waals surface area contributed by atoms with E-state index in [4.69, 9.17) is 25.6 Å². The minimum Gasteiger partial charge on any atom is -0.486 e. The number of hydrogen-bond donors (Lipinski definition) is 0. The second kappa shape index (κ2) is 6.97. The highest BCUT2D eigenvalue weighted by Crippen LogP contribution is 2.38. The molecule has 0 bridgehead atoms. The first-order chi connectivity index (χ1) is 11.5. The molecule has 1 aromatic heterocycles.